The summed E-state index contributed by atoms with van der Waals surface area (Å²) in [7, 11) is 0. The van der Waals surface area contributed by atoms with Gasteiger partial charge in [-0.1, -0.05) is 6.92 Å². The first-order valence-corrected chi connectivity index (χ1v) is 10.7. The number of fused-ring (bicyclic) bond motifs is 2. The average molecular weight is 419 g/mol. The van der Waals surface area contributed by atoms with Crippen molar-refractivity contribution < 1.29 is 9.53 Å². The zero-order valence-corrected chi connectivity index (χ0v) is 17.7. The Kier molecular flexibility index (Phi) is 4.84. The Balaban J connectivity index is 1.45. The van der Waals surface area contributed by atoms with Crippen LogP contribution >= 0.6 is 0 Å². The average Bonchev–Trinajstić information content (AvgIpc) is 2.80. The number of likely N-dealkylation sites (tertiary alicyclic amines) is 1. The highest BCUT2D eigenvalue weighted by atomic mass is 16.5. The number of carbonyl (C=O) groups excluding carboxylic acids is 1. The van der Waals surface area contributed by atoms with E-state index in [1.807, 2.05) is 21.9 Å². The molecule has 0 spiro atoms. The minimum Gasteiger partial charge on any atom is -0.488 e. The summed E-state index contributed by atoms with van der Waals surface area (Å²) in [5, 5.41) is 0. The van der Waals surface area contributed by atoms with Crippen LogP contribution in [0.2, 0.25) is 0 Å². The molecule has 0 aliphatic carbocycles. The van der Waals surface area contributed by atoms with Gasteiger partial charge < -0.3 is 14.5 Å². The van der Waals surface area contributed by atoms with Gasteiger partial charge in [0.15, 0.2) is 11.6 Å². The Morgan fingerprint density at radius 2 is 1.94 bits per heavy atom. The van der Waals surface area contributed by atoms with Crippen LogP contribution in [0.25, 0.3) is 5.65 Å². The first-order valence-electron chi connectivity index (χ1n) is 10.7. The van der Waals surface area contributed by atoms with Crippen LogP contribution in [-0.4, -0.2) is 51.4 Å². The third-order valence-electron chi connectivity index (χ3n) is 6.16. The largest absolute Gasteiger partial charge is 0.488 e. The number of hydrogen-bond donors (Lipinski definition) is 0. The van der Waals surface area contributed by atoms with E-state index >= 15 is 0 Å². The molecule has 0 atom stereocenters. The van der Waals surface area contributed by atoms with Gasteiger partial charge >= 0.3 is 0 Å². The SMILES string of the molecule is Cc1cnc2cc(N3CCOc4cc(C(=O)N5CCC(C)CC5)cnc43)ccn2c1=O. The van der Waals surface area contributed by atoms with Crippen LogP contribution in [-0.2, 0) is 0 Å². The molecule has 5 rings (SSSR count). The zero-order valence-electron chi connectivity index (χ0n) is 17.7. The Morgan fingerprint density at radius 1 is 1.13 bits per heavy atom. The van der Waals surface area contributed by atoms with E-state index in [-0.39, 0.29) is 11.5 Å². The van der Waals surface area contributed by atoms with Crippen LogP contribution in [0, 0.1) is 12.8 Å². The molecule has 5 heterocycles. The van der Waals surface area contributed by atoms with Crippen LogP contribution in [0.1, 0.15) is 35.7 Å². The number of anilines is 2. The van der Waals surface area contributed by atoms with Gasteiger partial charge in [-0.3, -0.25) is 14.0 Å². The van der Waals surface area contributed by atoms with Crippen molar-refractivity contribution in [2.24, 2.45) is 5.92 Å². The fourth-order valence-corrected chi connectivity index (χ4v) is 4.19. The molecule has 1 fully saturated rings. The molecule has 0 bridgehead atoms. The van der Waals surface area contributed by atoms with E-state index in [9.17, 15) is 9.59 Å². The van der Waals surface area contributed by atoms with Crippen molar-refractivity contribution in [2.45, 2.75) is 26.7 Å². The Morgan fingerprint density at radius 3 is 2.74 bits per heavy atom. The molecular weight excluding hydrogens is 394 g/mol. The lowest BCUT2D eigenvalue weighted by Crippen LogP contribution is -2.38. The van der Waals surface area contributed by atoms with Gasteiger partial charge in [0.1, 0.15) is 12.3 Å². The molecule has 1 amide bonds. The number of ether oxygens (including phenoxy) is 1. The summed E-state index contributed by atoms with van der Waals surface area (Å²) in [6.07, 6.45) is 7.03. The maximum absolute atomic E-state index is 12.9. The van der Waals surface area contributed by atoms with Crippen LogP contribution < -0.4 is 15.2 Å². The van der Waals surface area contributed by atoms with Crippen LogP contribution in [0.3, 0.4) is 0 Å². The van der Waals surface area contributed by atoms with Crippen molar-refractivity contribution in [1.82, 2.24) is 19.3 Å². The minimum absolute atomic E-state index is 0.00701. The quantitative estimate of drug-likeness (QED) is 0.636. The summed E-state index contributed by atoms with van der Waals surface area (Å²) in [5.41, 5.74) is 2.53. The summed E-state index contributed by atoms with van der Waals surface area (Å²) in [4.78, 5) is 38.1. The molecule has 0 radical (unpaired) electrons. The summed E-state index contributed by atoms with van der Waals surface area (Å²) < 4.78 is 7.38. The summed E-state index contributed by atoms with van der Waals surface area (Å²) in [5.74, 6) is 1.93. The molecule has 31 heavy (non-hydrogen) atoms. The molecule has 8 heteroatoms. The van der Waals surface area contributed by atoms with Gasteiger partial charge in [0.05, 0.1) is 12.1 Å². The van der Waals surface area contributed by atoms with Gasteiger partial charge in [-0.05, 0) is 37.8 Å². The maximum atomic E-state index is 12.9. The first-order chi connectivity index (χ1) is 15.0. The number of nitrogens with zero attached hydrogens (tertiary/aromatic N) is 5. The second-order valence-electron chi connectivity index (χ2n) is 8.38. The molecule has 3 aromatic heterocycles. The van der Waals surface area contributed by atoms with Gasteiger partial charge in [0.25, 0.3) is 11.5 Å². The number of pyridine rings is 2. The lowest BCUT2D eigenvalue weighted by molar-refractivity contribution is 0.0696. The standard InChI is InChI=1S/C23H25N5O3/c1-15-3-6-26(7-4-15)23(30)17-11-19-21(25-14-17)27(9-10-31-19)18-5-8-28-20(12-18)24-13-16(2)22(28)29/h5,8,11-15H,3-4,6-7,9-10H2,1-2H3. The van der Waals surface area contributed by atoms with Gasteiger partial charge in [-0.15, -0.1) is 0 Å². The van der Waals surface area contributed by atoms with Crippen molar-refractivity contribution in [1.29, 1.82) is 0 Å². The van der Waals surface area contributed by atoms with Crippen molar-refractivity contribution in [2.75, 3.05) is 31.1 Å². The maximum Gasteiger partial charge on any atom is 0.260 e. The highest BCUT2D eigenvalue weighted by molar-refractivity contribution is 5.95. The number of aromatic nitrogens is 3. The smallest absolute Gasteiger partial charge is 0.260 e. The van der Waals surface area contributed by atoms with Gasteiger partial charge in [-0.2, -0.15) is 0 Å². The van der Waals surface area contributed by atoms with Crippen molar-refractivity contribution >= 4 is 23.1 Å². The molecule has 8 nitrogen and oxygen atoms in total. The zero-order chi connectivity index (χ0) is 21.5. The number of carbonyl (C=O) groups is 1. The topological polar surface area (TPSA) is 80.0 Å². The Hall–Kier alpha value is -3.42. The molecule has 2 aliphatic heterocycles. The molecule has 0 saturated carbocycles. The fraction of sp³-hybridized carbons (Fsp3) is 0.391. The Bertz CT molecular complexity index is 1210. The molecule has 0 N–H and O–H groups in total. The van der Waals surface area contributed by atoms with Gasteiger partial charge in [0.2, 0.25) is 0 Å². The van der Waals surface area contributed by atoms with Crippen LogP contribution in [0.15, 0.2) is 41.6 Å². The molecule has 0 unspecified atom stereocenters. The molecule has 0 aromatic carbocycles. The second-order valence-corrected chi connectivity index (χ2v) is 8.38. The number of rotatable bonds is 2. The number of aryl methyl sites for hydroxylation is 1. The predicted octanol–water partition coefficient (Wildman–Crippen LogP) is 2.80. The normalized spacial score (nSPS) is 16.8. The van der Waals surface area contributed by atoms with E-state index in [2.05, 4.69) is 16.9 Å². The third-order valence-corrected chi connectivity index (χ3v) is 6.16. The highest BCUT2D eigenvalue weighted by Gasteiger charge is 2.26. The second kappa shape index (κ2) is 7.68. The van der Waals surface area contributed by atoms with E-state index in [1.165, 1.54) is 4.40 Å². The van der Waals surface area contributed by atoms with Crippen molar-refractivity contribution in [3.63, 3.8) is 0 Å². The number of hydrogen-bond acceptors (Lipinski definition) is 6. The predicted molar refractivity (Wildman–Crippen MR) is 117 cm³/mol. The molecule has 3 aromatic rings. The Labute approximate surface area is 180 Å². The third kappa shape index (κ3) is 3.52. The van der Waals surface area contributed by atoms with E-state index in [0.717, 1.165) is 31.6 Å². The molecule has 160 valence electrons. The first kappa shape index (κ1) is 19.5. The lowest BCUT2D eigenvalue weighted by atomic mass is 9.99. The van der Waals surface area contributed by atoms with E-state index < -0.39 is 0 Å². The number of amides is 1. The molecule has 1 saturated heterocycles. The van der Waals surface area contributed by atoms with Crippen molar-refractivity contribution in [3.05, 3.63) is 58.3 Å². The van der Waals surface area contributed by atoms with Crippen LogP contribution in [0.5, 0.6) is 5.75 Å². The van der Waals surface area contributed by atoms with Crippen molar-refractivity contribution in [3.8, 4) is 5.75 Å². The van der Waals surface area contributed by atoms with Gasteiger partial charge in [-0.25, -0.2) is 9.97 Å². The monoisotopic (exact) mass is 419 g/mol. The fourth-order valence-electron chi connectivity index (χ4n) is 4.19. The van der Waals surface area contributed by atoms with E-state index in [4.69, 9.17) is 4.74 Å². The van der Waals surface area contributed by atoms with Crippen LogP contribution in [0.4, 0.5) is 11.5 Å². The number of piperidine rings is 1. The van der Waals surface area contributed by atoms with E-state index in [0.29, 0.717) is 47.4 Å². The molecule has 2 aliphatic rings. The van der Waals surface area contributed by atoms with E-state index in [1.54, 1.807) is 31.6 Å². The summed E-state index contributed by atoms with van der Waals surface area (Å²) >= 11 is 0. The highest BCUT2D eigenvalue weighted by Crippen LogP contribution is 2.35. The summed E-state index contributed by atoms with van der Waals surface area (Å²) in [6, 6.07) is 5.54. The lowest BCUT2D eigenvalue weighted by Gasteiger charge is -2.32. The van der Waals surface area contributed by atoms with Gasteiger partial charge in [0, 0.05) is 49.0 Å². The summed E-state index contributed by atoms with van der Waals surface area (Å²) in [6.45, 7) is 6.64. The molecular formula is C23H25N5O3. The minimum atomic E-state index is -0.0766.